The third-order valence-corrected chi connectivity index (χ3v) is 8.67. The number of nitrogens with zero attached hydrogens (tertiary/aromatic N) is 3. The maximum absolute atomic E-state index is 13.3. The van der Waals surface area contributed by atoms with Crippen LogP contribution in [0.4, 0.5) is 5.69 Å². The molecule has 6 rings (SSSR count). The molecule has 1 spiro atoms. The van der Waals surface area contributed by atoms with Crippen molar-refractivity contribution in [3.05, 3.63) is 66.2 Å². The van der Waals surface area contributed by atoms with Gasteiger partial charge in [0.25, 0.3) is 0 Å². The second-order valence-electron chi connectivity index (χ2n) is 10.6. The minimum absolute atomic E-state index is 0.123. The third-order valence-electron chi connectivity index (χ3n) is 8.67. The van der Waals surface area contributed by atoms with Crippen LogP contribution in [0.5, 0.6) is 0 Å². The van der Waals surface area contributed by atoms with E-state index in [-0.39, 0.29) is 29.3 Å². The molecule has 35 heavy (non-hydrogen) atoms. The van der Waals surface area contributed by atoms with Crippen molar-refractivity contribution in [2.24, 2.45) is 11.3 Å². The first kappa shape index (κ1) is 22.6. The molecule has 184 valence electrons. The van der Waals surface area contributed by atoms with Crippen LogP contribution < -0.4 is 15.8 Å². The first-order valence-corrected chi connectivity index (χ1v) is 13.1. The van der Waals surface area contributed by atoms with Crippen LogP contribution in [0.25, 0.3) is 0 Å². The Hall–Kier alpha value is -2.90. The fourth-order valence-electron chi connectivity index (χ4n) is 6.31. The topological polar surface area (TPSA) is 67.9 Å². The summed E-state index contributed by atoms with van der Waals surface area (Å²) in [6.45, 7) is 4.91. The van der Waals surface area contributed by atoms with Gasteiger partial charge in [0.15, 0.2) is 0 Å². The van der Waals surface area contributed by atoms with E-state index in [1.54, 1.807) is 0 Å². The van der Waals surface area contributed by atoms with Crippen molar-refractivity contribution in [3.63, 3.8) is 0 Å². The van der Waals surface area contributed by atoms with Gasteiger partial charge in [0.1, 0.15) is 6.04 Å². The SMILES string of the molecule is O=C(C1CC(c2ccccc2)NN1)N1CCC2(CC1)CC2C(=O)N1CCN(c2ccccc2)CC1. The van der Waals surface area contributed by atoms with Crippen molar-refractivity contribution >= 4 is 17.5 Å². The number of anilines is 1. The number of hydrazine groups is 1. The lowest BCUT2D eigenvalue weighted by Crippen LogP contribution is -2.50. The number of para-hydroxylation sites is 1. The molecular weight excluding hydrogens is 438 g/mol. The summed E-state index contributed by atoms with van der Waals surface area (Å²) in [5.74, 6) is 0.674. The van der Waals surface area contributed by atoms with Crippen molar-refractivity contribution in [1.29, 1.82) is 0 Å². The number of rotatable bonds is 4. The number of hydrogen-bond donors (Lipinski definition) is 2. The lowest BCUT2D eigenvalue weighted by atomic mass is 9.89. The molecule has 0 radical (unpaired) electrons. The van der Waals surface area contributed by atoms with Gasteiger partial charge in [-0.15, -0.1) is 0 Å². The highest BCUT2D eigenvalue weighted by molar-refractivity contribution is 5.84. The van der Waals surface area contributed by atoms with Crippen molar-refractivity contribution in [1.82, 2.24) is 20.7 Å². The molecule has 2 amide bonds. The fraction of sp³-hybridized carbons (Fsp3) is 0.500. The summed E-state index contributed by atoms with van der Waals surface area (Å²) >= 11 is 0. The number of amides is 2. The Morgan fingerprint density at radius 3 is 2.06 bits per heavy atom. The van der Waals surface area contributed by atoms with Gasteiger partial charge in [0.05, 0.1) is 0 Å². The lowest BCUT2D eigenvalue weighted by molar-refractivity contribution is -0.135. The summed E-state index contributed by atoms with van der Waals surface area (Å²) < 4.78 is 0. The van der Waals surface area contributed by atoms with Gasteiger partial charge in [-0.25, -0.2) is 10.9 Å². The smallest absolute Gasteiger partial charge is 0.241 e. The third kappa shape index (κ3) is 4.43. The van der Waals surface area contributed by atoms with E-state index in [0.717, 1.165) is 65.0 Å². The number of nitrogens with one attached hydrogen (secondary N) is 2. The van der Waals surface area contributed by atoms with Crippen LogP contribution in [0.3, 0.4) is 0 Å². The summed E-state index contributed by atoms with van der Waals surface area (Å²) in [4.78, 5) is 32.9. The molecule has 2 aromatic rings. The zero-order chi connectivity index (χ0) is 23.8. The Labute approximate surface area is 207 Å². The predicted molar refractivity (Wildman–Crippen MR) is 135 cm³/mol. The van der Waals surface area contributed by atoms with E-state index in [9.17, 15) is 9.59 Å². The molecule has 3 heterocycles. The normalized spacial score (nSPS) is 27.8. The minimum atomic E-state index is -0.188. The molecule has 3 unspecified atom stereocenters. The van der Waals surface area contributed by atoms with Crippen LogP contribution >= 0.6 is 0 Å². The summed E-state index contributed by atoms with van der Waals surface area (Å²) in [6.07, 6.45) is 3.65. The van der Waals surface area contributed by atoms with Gasteiger partial charge in [-0.3, -0.25) is 9.59 Å². The monoisotopic (exact) mass is 473 g/mol. The molecule has 0 bridgehead atoms. The number of benzene rings is 2. The molecule has 2 N–H and O–H groups in total. The number of likely N-dealkylation sites (tertiary alicyclic amines) is 1. The Kier molecular flexibility index (Phi) is 5.98. The van der Waals surface area contributed by atoms with E-state index in [4.69, 9.17) is 0 Å². The molecule has 7 nitrogen and oxygen atoms in total. The highest BCUT2D eigenvalue weighted by Crippen LogP contribution is 2.60. The predicted octanol–water partition coefficient (Wildman–Crippen LogP) is 2.57. The van der Waals surface area contributed by atoms with E-state index in [2.05, 4.69) is 57.0 Å². The Morgan fingerprint density at radius 1 is 0.743 bits per heavy atom. The molecule has 1 saturated carbocycles. The molecule has 3 aliphatic heterocycles. The van der Waals surface area contributed by atoms with Gasteiger partial charge in [-0.2, -0.15) is 0 Å². The molecule has 2 aromatic carbocycles. The maximum Gasteiger partial charge on any atom is 0.241 e. The number of piperazine rings is 1. The van der Waals surface area contributed by atoms with E-state index < -0.39 is 0 Å². The van der Waals surface area contributed by atoms with Crippen LogP contribution in [-0.2, 0) is 9.59 Å². The average Bonchev–Trinajstić information content (AvgIpc) is 3.38. The molecule has 1 aliphatic carbocycles. The second-order valence-corrected chi connectivity index (χ2v) is 10.6. The number of carbonyl (C=O) groups excluding carboxylic acids is 2. The largest absolute Gasteiger partial charge is 0.368 e. The van der Waals surface area contributed by atoms with Crippen LogP contribution in [-0.4, -0.2) is 66.9 Å². The quantitative estimate of drug-likeness (QED) is 0.715. The fourth-order valence-corrected chi connectivity index (χ4v) is 6.31. The van der Waals surface area contributed by atoms with Gasteiger partial charge in [-0.05, 0) is 48.8 Å². The standard InChI is InChI=1S/C28H35N5O2/c34-26(33-17-15-31(16-18-33)22-9-5-2-6-10-22)23-20-28(23)11-13-32(14-12-28)27(35)25-19-24(29-30-25)21-7-3-1-4-8-21/h1-10,23-25,29-30H,11-20H2. The van der Waals surface area contributed by atoms with Crippen LogP contribution in [0.2, 0.25) is 0 Å². The minimum Gasteiger partial charge on any atom is -0.368 e. The van der Waals surface area contributed by atoms with Crippen molar-refractivity contribution in [3.8, 4) is 0 Å². The number of piperidine rings is 1. The van der Waals surface area contributed by atoms with Crippen molar-refractivity contribution in [2.75, 3.05) is 44.2 Å². The molecule has 3 atom stereocenters. The Morgan fingerprint density at radius 2 is 1.37 bits per heavy atom. The van der Waals surface area contributed by atoms with Gasteiger partial charge in [-0.1, -0.05) is 48.5 Å². The zero-order valence-corrected chi connectivity index (χ0v) is 20.2. The number of hydrogen-bond acceptors (Lipinski definition) is 5. The van der Waals surface area contributed by atoms with Gasteiger partial charge in [0, 0.05) is 56.9 Å². The summed E-state index contributed by atoms with van der Waals surface area (Å²) in [7, 11) is 0. The van der Waals surface area contributed by atoms with Crippen LogP contribution in [0.15, 0.2) is 60.7 Å². The summed E-state index contributed by atoms with van der Waals surface area (Å²) in [5.41, 5.74) is 9.08. The molecule has 7 heteroatoms. The lowest BCUT2D eigenvalue weighted by Gasteiger charge is -2.37. The summed E-state index contributed by atoms with van der Waals surface area (Å²) in [5, 5.41) is 0. The van der Waals surface area contributed by atoms with E-state index in [0.29, 0.717) is 5.91 Å². The van der Waals surface area contributed by atoms with E-state index >= 15 is 0 Å². The molecule has 4 aliphatic rings. The number of carbonyl (C=O) groups is 2. The first-order valence-electron chi connectivity index (χ1n) is 13.1. The molecule has 3 saturated heterocycles. The highest BCUT2D eigenvalue weighted by atomic mass is 16.2. The highest BCUT2D eigenvalue weighted by Gasteiger charge is 2.59. The molecule has 4 fully saturated rings. The Bertz CT molecular complexity index is 1050. The van der Waals surface area contributed by atoms with E-state index in [1.807, 2.05) is 29.2 Å². The second kappa shape index (κ2) is 9.28. The van der Waals surface area contributed by atoms with Crippen LogP contribution in [0.1, 0.15) is 37.3 Å². The molecule has 0 aromatic heterocycles. The van der Waals surface area contributed by atoms with E-state index in [1.165, 1.54) is 11.3 Å². The summed E-state index contributed by atoms with van der Waals surface area (Å²) in [6, 6.07) is 20.7. The molecular formula is C28H35N5O2. The van der Waals surface area contributed by atoms with Gasteiger partial charge < -0.3 is 14.7 Å². The van der Waals surface area contributed by atoms with Crippen molar-refractivity contribution < 1.29 is 9.59 Å². The van der Waals surface area contributed by atoms with Crippen LogP contribution in [0, 0.1) is 11.3 Å². The zero-order valence-electron chi connectivity index (χ0n) is 20.2. The average molecular weight is 474 g/mol. The maximum atomic E-state index is 13.3. The van der Waals surface area contributed by atoms with Crippen molar-refractivity contribution in [2.45, 2.75) is 37.8 Å². The Balaban J connectivity index is 0.978. The van der Waals surface area contributed by atoms with Gasteiger partial charge >= 0.3 is 0 Å². The van der Waals surface area contributed by atoms with Gasteiger partial charge in [0.2, 0.25) is 11.8 Å². The first-order chi connectivity index (χ1) is 17.1.